The molecule has 2 rings (SSSR count). The third-order valence-electron chi connectivity index (χ3n) is 3.89. The molecule has 1 aromatic heterocycles. The van der Waals surface area contributed by atoms with Gasteiger partial charge in [-0.2, -0.15) is 0 Å². The first kappa shape index (κ1) is 23.4. The molecule has 0 unspecified atom stereocenters. The quantitative estimate of drug-likeness (QED) is 0.284. The maximum atomic E-state index is 11.6. The van der Waals surface area contributed by atoms with Crippen LogP contribution in [0.3, 0.4) is 0 Å². The molecule has 148 valence electrons. The van der Waals surface area contributed by atoms with Crippen LogP contribution in [0.2, 0.25) is 0 Å². The van der Waals surface area contributed by atoms with Gasteiger partial charge in [-0.15, -0.1) is 35.3 Å². The molecular formula is C20H29IN4OS. The zero-order valence-electron chi connectivity index (χ0n) is 16.2. The highest BCUT2D eigenvalue weighted by atomic mass is 127. The SMILES string of the molecule is CCCC(=O)Nc1ccc(CNC(=NC)NCc2ccc(CC)s2)cc1.I. The molecule has 0 aliphatic carbocycles. The van der Waals surface area contributed by atoms with Crippen LogP contribution in [0.25, 0.3) is 0 Å². The van der Waals surface area contributed by atoms with Crippen molar-refractivity contribution in [3.63, 3.8) is 0 Å². The summed E-state index contributed by atoms with van der Waals surface area (Å²) in [7, 11) is 1.77. The van der Waals surface area contributed by atoms with E-state index in [2.05, 4.69) is 40.0 Å². The average molecular weight is 500 g/mol. The summed E-state index contributed by atoms with van der Waals surface area (Å²) in [6.45, 7) is 5.61. The first-order chi connectivity index (χ1) is 12.6. The van der Waals surface area contributed by atoms with E-state index in [1.807, 2.05) is 42.5 Å². The van der Waals surface area contributed by atoms with Gasteiger partial charge in [0.1, 0.15) is 0 Å². The molecule has 3 N–H and O–H groups in total. The van der Waals surface area contributed by atoms with Gasteiger partial charge in [0.15, 0.2) is 5.96 Å². The molecule has 0 atom stereocenters. The second-order valence-corrected chi connectivity index (χ2v) is 7.25. The second kappa shape index (κ2) is 12.7. The predicted molar refractivity (Wildman–Crippen MR) is 126 cm³/mol. The van der Waals surface area contributed by atoms with Gasteiger partial charge in [0.05, 0.1) is 6.54 Å². The molecule has 1 heterocycles. The molecule has 0 saturated heterocycles. The Labute approximate surface area is 183 Å². The lowest BCUT2D eigenvalue weighted by molar-refractivity contribution is -0.116. The van der Waals surface area contributed by atoms with Crippen molar-refractivity contribution in [3.05, 3.63) is 51.7 Å². The largest absolute Gasteiger partial charge is 0.352 e. The van der Waals surface area contributed by atoms with E-state index in [0.717, 1.165) is 36.6 Å². The number of rotatable bonds is 8. The Hall–Kier alpha value is -1.61. The van der Waals surface area contributed by atoms with E-state index in [9.17, 15) is 4.79 Å². The molecular weight excluding hydrogens is 471 g/mol. The Bertz CT molecular complexity index is 728. The summed E-state index contributed by atoms with van der Waals surface area (Å²) in [4.78, 5) is 18.6. The summed E-state index contributed by atoms with van der Waals surface area (Å²) in [6.07, 6.45) is 2.48. The van der Waals surface area contributed by atoms with Gasteiger partial charge in [0, 0.05) is 35.5 Å². The fraction of sp³-hybridized carbons (Fsp3) is 0.400. The van der Waals surface area contributed by atoms with Gasteiger partial charge in [0.25, 0.3) is 0 Å². The van der Waals surface area contributed by atoms with Crippen molar-refractivity contribution in [2.75, 3.05) is 12.4 Å². The number of nitrogens with zero attached hydrogens (tertiary/aromatic N) is 1. The van der Waals surface area contributed by atoms with Crippen LogP contribution >= 0.6 is 35.3 Å². The minimum absolute atomic E-state index is 0. The van der Waals surface area contributed by atoms with Crippen molar-refractivity contribution in [2.24, 2.45) is 4.99 Å². The van der Waals surface area contributed by atoms with Crippen molar-refractivity contribution < 1.29 is 4.79 Å². The molecule has 1 amide bonds. The van der Waals surface area contributed by atoms with Gasteiger partial charge < -0.3 is 16.0 Å². The molecule has 7 heteroatoms. The lowest BCUT2D eigenvalue weighted by Crippen LogP contribution is -2.36. The van der Waals surface area contributed by atoms with Crippen LogP contribution in [0, 0.1) is 0 Å². The third kappa shape index (κ3) is 8.30. The number of aliphatic imine (C=N–C) groups is 1. The summed E-state index contributed by atoms with van der Waals surface area (Å²) in [5, 5.41) is 9.55. The predicted octanol–water partition coefficient (Wildman–Crippen LogP) is 4.53. The molecule has 0 bridgehead atoms. The fourth-order valence-electron chi connectivity index (χ4n) is 2.44. The molecule has 0 aliphatic rings. The highest BCUT2D eigenvalue weighted by molar-refractivity contribution is 14.0. The zero-order valence-corrected chi connectivity index (χ0v) is 19.3. The van der Waals surface area contributed by atoms with Crippen LogP contribution < -0.4 is 16.0 Å². The molecule has 0 aliphatic heterocycles. The maximum Gasteiger partial charge on any atom is 0.224 e. The molecule has 0 radical (unpaired) electrons. The van der Waals surface area contributed by atoms with Gasteiger partial charge in [-0.25, -0.2) is 0 Å². The van der Waals surface area contributed by atoms with Crippen molar-refractivity contribution in [3.8, 4) is 0 Å². The first-order valence-corrected chi connectivity index (χ1v) is 9.87. The standard InChI is InChI=1S/C20H28N4OS.HI/c1-4-6-19(25)24-16-9-7-15(8-10-16)13-22-20(21-3)23-14-18-12-11-17(5-2)26-18;/h7-12H,4-6,13-14H2,1-3H3,(H,24,25)(H2,21,22,23);1H. The molecule has 0 spiro atoms. The molecule has 2 aromatic rings. The number of aryl methyl sites for hydroxylation is 1. The fourth-order valence-corrected chi connectivity index (χ4v) is 3.34. The Morgan fingerprint density at radius 3 is 2.26 bits per heavy atom. The number of thiophene rings is 1. The zero-order chi connectivity index (χ0) is 18.8. The third-order valence-corrected chi connectivity index (χ3v) is 5.12. The monoisotopic (exact) mass is 500 g/mol. The number of carbonyl (C=O) groups is 1. The van der Waals surface area contributed by atoms with E-state index in [1.54, 1.807) is 7.05 Å². The van der Waals surface area contributed by atoms with Gasteiger partial charge in [-0.05, 0) is 42.7 Å². The Kier molecular flexibility index (Phi) is 11.0. The van der Waals surface area contributed by atoms with Gasteiger partial charge in [0.2, 0.25) is 5.91 Å². The van der Waals surface area contributed by atoms with Crippen molar-refractivity contribution >= 4 is 52.9 Å². The number of carbonyl (C=O) groups excluding carboxylic acids is 1. The summed E-state index contributed by atoms with van der Waals surface area (Å²) < 4.78 is 0. The van der Waals surface area contributed by atoms with Crippen LogP contribution in [0.15, 0.2) is 41.4 Å². The maximum absolute atomic E-state index is 11.6. The number of hydrogen-bond acceptors (Lipinski definition) is 3. The van der Waals surface area contributed by atoms with E-state index >= 15 is 0 Å². The number of halogens is 1. The summed E-state index contributed by atoms with van der Waals surface area (Å²) in [6, 6.07) is 12.2. The van der Waals surface area contributed by atoms with E-state index in [-0.39, 0.29) is 29.9 Å². The Morgan fingerprint density at radius 1 is 1.00 bits per heavy atom. The van der Waals surface area contributed by atoms with Crippen molar-refractivity contribution in [1.29, 1.82) is 0 Å². The van der Waals surface area contributed by atoms with Crippen molar-refractivity contribution in [2.45, 2.75) is 46.2 Å². The number of hydrogen-bond donors (Lipinski definition) is 3. The van der Waals surface area contributed by atoms with Crippen molar-refractivity contribution in [1.82, 2.24) is 10.6 Å². The van der Waals surface area contributed by atoms with Crippen LogP contribution in [0.1, 0.15) is 42.0 Å². The van der Waals surface area contributed by atoms with Crippen LogP contribution in [-0.4, -0.2) is 18.9 Å². The second-order valence-electron chi connectivity index (χ2n) is 6.00. The first-order valence-electron chi connectivity index (χ1n) is 9.05. The van der Waals surface area contributed by atoms with Gasteiger partial charge >= 0.3 is 0 Å². The molecule has 5 nitrogen and oxygen atoms in total. The number of benzene rings is 1. The van der Waals surface area contributed by atoms with Crippen LogP contribution in [-0.2, 0) is 24.3 Å². The van der Waals surface area contributed by atoms with E-state index in [1.165, 1.54) is 9.75 Å². The highest BCUT2D eigenvalue weighted by Gasteiger charge is 2.03. The lowest BCUT2D eigenvalue weighted by Gasteiger charge is -2.12. The molecule has 0 fully saturated rings. The number of guanidine groups is 1. The molecule has 27 heavy (non-hydrogen) atoms. The average Bonchev–Trinajstić information content (AvgIpc) is 3.11. The van der Waals surface area contributed by atoms with Gasteiger partial charge in [-0.1, -0.05) is 26.0 Å². The number of amides is 1. The topological polar surface area (TPSA) is 65.5 Å². The normalized spacial score (nSPS) is 10.9. The Morgan fingerprint density at radius 2 is 1.67 bits per heavy atom. The summed E-state index contributed by atoms with van der Waals surface area (Å²) in [5.74, 6) is 0.833. The smallest absolute Gasteiger partial charge is 0.224 e. The minimum Gasteiger partial charge on any atom is -0.352 e. The van der Waals surface area contributed by atoms with Crippen LogP contribution in [0.5, 0.6) is 0 Å². The van der Waals surface area contributed by atoms with Crippen LogP contribution in [0.4, 0.5) is 5.69 Å². The number of nitrogens with one attached hydrogen (secondary N) is 3. The number of anilines is 1. The van der Waals surface area contributed by atoms with Gasteiger partial charge in [-0.3, -0.25) is 9.79 Å². The summed E-state index contributed by atoms with van der Waals surface area (Å²) in [5.41, 5.74) is 1.96. The highest BCUT2D eigenvalue weighted by Crippen LogP contribution is 2.16. The van der Waals surface area contributed by atoms with E-state index in [0.29, 0.717) is 13.0 Å². The summed E-state index contributed by atoms with van der Waals surface area (Å²) >= 11 is 1.83. The Balaban J connectivity index is 0.00000364. The minimum atomic E-state index is 0. The lowest BCUT2D eigenvalue weighted by atomic mass is 10.2. The molecule has 0 saturated carbocycles. The van der Waals surface area contributed by atoms with E-state index in [4.69, 9.17) is 0 Å². The molecule has 1 aromatic carbocycles. The van der Waals surface area contributed by atoms with E-state index < -0.39 is 0 Å².